The van der Waals surface area contributed by atoms with Crippen LogP contribution in [0.1, 0.15) is 0 Å². The van der Waals surface area contributed by atoms with Crippen molar-refractivity contribution in [1.82, 2.24) is 9.36 Å². The molecule has 0 saturated carbocycles. The molecule has 0 saturated heterocycles. The lowest BCUT2D eigenvalue weighted by atomic mass is 11.3. The van der Waals surface area contributed by atoms with Gasteiger partial charge in [0.25, 0.3) is 0 Å². The van der Waals surface area contributed by atoms with E-state index in [1.807, 2.05) is 0 Å². The molecule has 0 aromatic carbocycles. The fourth-order valence-electron chi connectivity index (χ4n) is 0.315. The largest absolute Gasteiger partial charge is 0.205 e. The van der Waals surface area contributed by atoms with Crippen LogP contribution in [-0.2, 0) is 0 Å². The van der Waals surface area contributed by atoms with E-state index in [0.717, 1.165) is 0 Å². The third kappa shape index (κ3) is 1.97. The van der Waals surface area contributed by atoms with Crippen LogP contribution in [0.2, 0.25) is 4.47 Å². The quantitative estimate of drug-likeness (QED) is 0.651. The van der Waals surface area contributed by atoms with E-state index >= 15 is 0 Å². The van der Waals surface area contributed by atoms with Gasteiger partial charge in [-0.25, -0.2) is 0 Å². The maximum atomic E-state index is 5.49. The smallest absolute Gasteiger partial charge is 0.197 e. The summed E-state index contributed by atoms with van der Waals surface area (Å²) in [4.78, 5) is 3.86. The third-order valence-electron chi connectivity index (χ3n) is 0.571. The summed E-state index contributed by atoms with van der Waals surface area (Å²) >= 11 is 8.04. The standard InChI is InChI=1S/C4H3ClN2S2/c1-2-8-4-6-3(5)9-7-4/h2H,1H2. The molecule has 1 aromatic heterocycles. The average molecular weight is 179 g/mol. The molecule has 1 rings (SSSR count). The first-order chi connectivity index (χ1) is 4.33. The van der Waals surface area contributed by atoms with Crippen molar-refractivity contribution < 1.29 is 0 Å². The lowest BCUT2D eigenvalue weighted by molar-refractivity contribution is 1.08. The molecule has 0 unspecified atom stereocenters. The average Bonchev–Trinajstić information content (AvgIpc) is 2.17. The molecular weight excluding hydrogens is 176 g/mol. The predicted octanol–water partition coefficient (Wildman–Crippen LogP) is 2.43. The Morgan fingerprint density at radius 3 is 3.00 bits per heavy atom. The summed E-state index contributed by atoms with van der Waals surface area (Å²) in [6.45, 7) is 3.51. The lowest BCUT2D eigenvalue weighted by Gasteiger charge is -1.78. The highest BCUT2D eigenvalue weighted by Crippen LogP contribution is 2.19. The molecule has 0 bridgehead atoms. The molecule has 0 aliphatic heterocycles. The van der Waals surface area contributed by atoms with Crippen molar-refractivity contribution in [2.75, 3.05) is 0 Å². The molecule has 0 N–H and O–H groups in total. The highest BCUT2D eigenvalue weighted by molar-refractivity contribution is 8.02. The van der Waals surface area contributed by atoms with E-state index in [-0.39, 0.29) is 0 Å². The highest BCUT2D eigenvalue weighted by atomic mass is 35.5. The van der Waals surface area contributed by atoms with Crippen LogP contribution in [0.3, 0.4) is 0 Å². The van der Waals surface area contributed by atoms with Gasteiger partial charge in [0, 0.05) is 0 Å². The molecule has 0 spiro atoms. The van der Waals surface area contributed by atoms with E-state index in [0.29, 0.717) is 9.62 Å². The van der Waals surface area contributed by atoms with Crippen LogP contribution in [0, 0.1) is 0 Å². The minimum absolute atomic E-state index is 0.472. The summed E-state index contributed by atoms with van der Waals surface area (Å²) in [7, 11) is 0. The van der Waals surface area contributed by atoms with Gasteiger partial charge in [0.05, 0.1) is 0 Å². The minimum Gasteiger partial charge on any atom is -0.197 e. The van der Waals surface area contributed by atoms with Crippen LogP contribution >= 0.6 is 34.9 Å². The second-order valence-electron chi connectivity index (χ2n) is 1.11. The van der Waals surface area contributed by atoms with E-state index in [4.69, 9.17) is 11.6 Å². The fourth-order valence-corrected chi connectivity index (χ4v) is 1.51. The van der Waals surface area contributed by atoms with E-state index in [1.165, 1.54) is 23.3 Å². The van der Waals surface area contributed by atoms with Crippen molar-refractivity contribution in [3.8, 4) is 0 Å². The maximum Gasteiger partial charge on any atom is 0.205 e. The van der Waals surface area contributed by atoms with Crippen LogP contribution < -0.4 is 0 Å². The summed E-state index contributed by atoms with van der Waals surface area (Å²) in [5.41, 5.74) is 0. The summed E-state index contributed by atoms with van der Waals surface area (Å²) in [5, 5.41) is 2.33. The molecule has 48 valence electrons. The molecule has 9 heavy (non-hydrogen) atoms. The number of aromatic nitrogens is 2. The molecule has 0 radical (unpaired) electrons. The first-order valence-corrected chi connectivity index (χ1v) is 4.13. The Labute approximate surface area is 66.1 Å². The minimum atomic E-state index is 0.472. The predicted molar refractivity (Wildman–Crippen MR) is 41.0 cm³/mol. The Morgan fingerprint density at radius 1 is 1.78 bits per heavy atom. The van der Waals surface area contributed by atoms with Gasteiger partial charge in [-0.05, 0) is 28.5 Å². The van der Waals surface area contributed by atoms with E-state index in [9.17, 15) is 0 Å². The topological polar surface area (TPSA) is 25.8 Å². The van der Waals surface area contributed by atoms with Crippen molar-refractivity contribution in [2.24, 2.45) is 0 Å². The number of nitrogens with zero attached hydrogens (tertiary/aromatic N) is 2. The van der Waals surface area contributed by atoms with Gasteiger partial charge in [-0.2, -0.15) is 9.36 Å². The normalized spacial score (nSPS) is 9.44. The number of thioether (sulfide) groups is 1. The third-order valence-corrected chi connectivity index (χ3v) is 2.04. The van der Waals surface area contributed by atoms with Crippen molar-refractivity contribution >= 4 is 34.9 Å². The first kappa shape index (κ1) is 7.05. The molecule has 5 heteroatoms. The van der Waals surface area contributed by atoms with Gasteiger partial charge < -0.3 is 0 Å². The van der Waals surface area contributed by atoms with Crippen molar-refractivity contribution in [1.29, 1.82) is 0 Å². The molecule has 0 atom stereocenters. The SMILES string of the molecule is C=CSc1nsc(Cl)n1. The Kier molecular flexibility index (Phi) is 2.50. The molecule has 1 aromatic rings. The Morgan fingerprint density at radius 2 is 2.56 bits per heavy atom. The van der Waals surface area contributed by atoms with Crippen LogP contribution in [0.4, 0.5) is 0 Å². The summed E-state index contributed by atoms with van der Waals surface area (Å²) in [5.74, 6) is 0. The van der Waals surface area contributed by atoms with E-state index in [1.54, 1.807) is 5.41 Å². The molecule has 0 aliphatic rings. The summed E-state index contributed by atoms with van der Waals surface area (Å²) < 4.78 is 4.37. The first-order valence-electron chi connectivity index (χ1n) is 2.09. The molecule has 2 nitrogen and oxygen atoms in total. The van der Waals surface area contributed by atoms with Gasteiger partial charge in [-0.15, -0.1) is 0 Å². The van der Waals surface area contributed by atoms with Crippen LogP contribution in [0.25, 0.3) is 0 Å². The number of hydrogen-bond acceptors (Lipinski definition) is 4. The molecule has 0 amide bonds. The Balaban J connectivity index is 2.72. The second kappa shape index (κ2) is 3.20. The van der Waals surface area contributed by atoms with Gasteiger partial charge in [0.2, 0.25) is 9.62 Å². The molecule has 0 fully saturated rings. The van der Waals surface area contributed by atoms with Gasteiger partial charge in [-0.3, -0.25) is 0 Å². The zero-order valence-corrected chi connectivity index (χ0v) is 6.76. The monoisotopic (exact) mass is 178 g/mol. The Bertz CT molecular complexity index is 210. The fraction of sp³-hybridized carbons (Fsp3) is 0. The summed E-state index contributed by atoms with van der Waals surface area (Å²) in [6.07, 6.45) is 0. The maximum absolute atomic E-state index is 5.49. The van der Waals surface area contributed by atoms with Crippen LogP contribution in [-0.4, -0.2) is 9.36 Å². The Hall–Kier alpha value is -0.0600. The zero-order chi connectivity index (χ0) is 6.69. The highest BCUT2D eigenvalue weighted by Gasteiger charge is 1.97. The summed E-state index contributed by atoms with van der Waals surface area (Å²) in [6, 6.07) is 0. The zero-order valence-electron chi connectivity index (χ0n) is 4.37. The van der Waals surface area contributed by atoms with Gasteiger partial charge in [0.15, 0.2) is 0 Å². The van der Waals surface area contributed by atoms with E-state index in [2.05, 4.69) is 15.9 Å². The molecular formula is C4H3ClN2S2. The van der Waals surface area contributed by atoms with Gasteiger partial charge in [0.1, 0.15) is 0 Å². The van der Waals surface area contributed by atoms with Gasteiger partial charge >= 0.3 is 0 Å². The number of hydrogen-bond donors (Lipinski definition) is 0. The molecule has 0 aliphatic carbocycles. The van der Waals surface area contributed by atoms with E-state index < -0.39 is 0 Å². The number of rotatable bonds is 2. The second-order valence-corrected chi connectivity index (χ2v) is 3.38. The number of halogens is 1. The lowest BCUT2D eigenvalue weighted by Crippen LogP contribution is -1.66. The van der Waals surface area contributed by atoms with Crippen molar-refractivity contribution in [2.45, 2.75) is 5.16 Å². The molecule has 1 heterocycles. The van der Waals surface area contributed by atoms with Gasteiger partial charge in [-0.1, -0.05) is 18.3 Å². The van der Waals surface area contributed by atoms with Crippen molar-refractivity contribution in [3.05, 3.63) is 16.5 Å². The van der Waals surface area contributed by atoms with Crippen LogP contribution in [0.15, 0.2) is 17.1 Å². The van der Waals surface area contributed by atoms with Crippen molar-refractivity contribution in [3.63, 3.8) is 0 Å². The van der Waals surface area contributed by atoms with Crippen LogP contribution in [0.5, 0.6) is 0 Å².